The number of hydrogen-bond acceptors (Lipinski definition) is 5. The highest BCUT2D eigenvalue weighted by Crippen LogP contribution is 2.30. The summed E-state index contributed by atoms with van der Waals surface area (Å²) in [5, 5.41) is 0. The SMILES string of the molecule is Cc1cc(C(=O)N2CCN(C(=O)c3cccnc3C(F)(F)F)CC2)ccc1NS(=O)[O-]. The van der Waals surface area contributed by atoms with Crippen molar-refractivity contribution in [3.63, 3.8) is 0 Å². The minimum Gasteiger partial charge on any atom is -0.755 e. The third-order valence-electron chi connectivity index (χ3n) is 4.83. The summed E-state index contributed by atoms with van der Waals surface area (Å²) in [4.78, 5) is 31.4. The molecule has 1 fully saturated rings. The average molecular weight is 455 g/mol. The Bertz CT molecular complexity index is 1020. The highest BCUT2D eigenvalue weighted by atomic mass is 32.2. The molecule has 1 saturated heterocycles. The van der Waals surface area contributed by atoms with Crippen molar-refractivity contribution in [3.8, 4) is 0 Å². The fourth-order valence-electron chi connectivity index (χ4n) is 3.27. The number of hydrogen-bond donors (Lipinski definition) is 1. The Morgan fingerprint density at radius 1 is 1.10 bits per heavy atom. The Balaban J connectivity index is 1.67. The molecule has 1 aromatic carbocycles. The van der Waals surface area contributed by atoms with Gasteiger partial charge in [0.25, 0.3) is 11.8 Å². The highest BCUT2D eigenvalue weighted by molar-refractivity contribution is 7.80. The lowest BCUT2D eigenvalue weighted by atomic mass is 10.1. The number of carbonyl (C=O) groups is 2. The number of piperazine rings is 1. The molecule has 3 rings (SSSR count). The van der Waals surface area contributed by atoms with E-state index in [2.05, 4.69) is 9.71 Å². The molecule has 31 heavy (non-hydrogen) atoms. The summed E-state index contributed by atoms with van der Waals surface area (Å²) in [6.45, 7) is 2.09. The Morgan fingerprint density at radius 2 is 1.71 bits per heavy atom. The second kappa shape index (κ2) is 9.02. The van der Waals surface area contributed by atoms with Gasteiger partial charge in [-0.2, -0.15) is 13.2 Å². The molecule has 0 aliphatic carbocycles. The number of rotatable bonds is 4. The number of nitrogens with zero attached hydrogens (tertiary/aromatic N) is 3. The van der Waals surface area contributed by atoms with Crippen LogP contribution in [-0.2, 0) is 17.4 Å². The molecule has 1 N–H and O–H groups in total. The molecular weight excluding hydrogens is 437 g/mol. The number of nitrogens with one attached hydrogen (secondary N) is 1. The van der Waals surface area contributed by atoms with E-state index in [-0.39, 0.29) is 32.1 Å². The van der Waals surface area contributed by atoms with E-state index in [0.29, 0.717) is 16.8 Å². The maximum absolute atomic E-state index is 13.1. The number of aromatic nitrogens is 1. The standard InChI is InChI=1S/C19H19F3N4O4S/c1-12-11-13(4-5-15(12)24-31(29)30)17(27)25-7-9-26(10-8-25)18(28)14-3-2-6-23-16(14)19(20,21)22/h2-6,11,24H,7-10H2,1H3,(H,29,30)/p-1. The molecule has 0 saturated carbocycles. The van der Waals surface area contributed by atoms with Crippen LogP contribution < -0.4 is 4.72 Å². The van der Waals surface area contributed by atoms with Crippen LogP contribution in [0.3, 0.4) is 0 Å². The number of halogens is 3. The van der Waals surface area contributed by atoms with Crippen molar-refractivity contribution in [3.05, 3.63) is 58.9 Å². The molecule has 0 radical (unpaired) electrons. The first-order chi connectivity index (χ1) is 14.6. The van der Waals surface area contributed by atoms with E-state index in [1.165, 1.54) is 28.0 Å². The number of carbonyl (C=O) groups excluding carboxylic acids is 2. The summed E-state index contributed by atoms with van der Waals surface area (Å²) in [5.41, 5.74) is -0.519. The predicted octanol–water partition coefficient (Wildman–Crippen LogP) is 2.21. The van der Waals surface area contributed by atoms with Crippen LogP contribution in [0, 0.1) is 6.92 Å². The van der Waals surface area contributed by atoms with E-state index in [1.807, 2.05) is 0 Å². The smallest absolute Gasteiger partial charge is 0.434 e. The number of anilines is 1. The first kappa shape index (κ1) is 22.7. The van der Waals surface area contributed by atoms with Gasteiger partial charge in [0.15, 0.2) is 5.69 Å². The Hall–Kier alpha value is -2.99. The summed E-state index contributed by atoms with van der Waals surface area (Å²) < 4.78 is 63.2. The van der Waals surface area contributed by atoms with Gasteiger partial charge in [-0.05, 0) is 42.8 Å². The molecule has 0 spiro atoms. The van der Waals surface area contributed by atoms with Gasteiger partial charge in [-0.25, -0.2) is 0 Å². The van der Waals surface area contributed by atoms with Gasteiger partial charge in [-0.3, -0.25) is 18.8 Å². The zero-order chi connectivity index (χ0) is 22.8. The topological polar surface area (TPSA) is 106 Å². The van der Waals surface area contributed by atoms with Crippen LogP contribution in [0.25, 0.3) is 0 Å². The van der Waals surface area contributed by atoms with Crippen molar-refractivity contribution in [2.45, 2.75) is 13.1 Å². The van der Waals surface area contributed by atoms with Crippen LogP contribution in [0.2, 0.25) is 0 Å². The van der Waals surface area contributed by atoms with E-state index < -0.39 is 34.6 Å². The monoisotopic (exact) mass is 455 g/mol. The maximum atomic E-state index is 13.1. The molecule has 2 aromatic rings. The predicted molar refractivity (Wildman–Crippen MR) is 105 cm³/mol. The molecule has 0 bridgehead atoms. The summed E-state index contributed by atoms with van der Waals surface area (Å²) >= 11 is -2.49. The lowest BCUT2D eigenvalue weighted by Gasteiger charge is -2.35. The van der Waals surface area contributed by atoms with E-state index in [0.717, 1.165) is 12.3 Å². The van der Waals surface area contributed by atoms with Gasteiger partial charge in [-0.15, -0.1) is 0 Å². The first-order valence-electron chi connectivity index (χ1n) is 9.15. The van der Waals surface area contributed by atoms with Gasteiger partial charge in [0.05, 0.1) is 5.56 Å². The average Bonchev–Trinajstić information content (AvgIpc) is 2.73. The largest absolute Gasteiger partial charge is 0.755 e. The van der Waals surface area contributed by atoms with Crippen molar-refractivity contribution >= 4 is 28.8 Å². The van der Waals surface area contributed by atoms with Crippen molar-refractivity contribution in [1.29, 1.82) is 0 Å². The Kier molecular flexibility index (Phi) is 6.60. The van der Waals surface area contributed by atoms with Crippen LogP contribution in [-0.4, -0.2) is 61.5 Å². The van der Waals surface area contributed by atoms with Gasteiger partial charge in [0.2, 0.25) is 0 Å². The summed E-state index contributed by atoms with van der Waals surface area (Å²) in [7, 11) is 0. The third kappa shape index (κ3) is 5.20. The van der Waals surface area contributed by atoms with Crippen molar-refractivity contribution in [1.82, 2.24) is 14.8 Å². The quantitative estimate of drug-likeness (QED) is 0.712. The Labute approximate surface area is 178 Å². The van der Waals surface area contributed by atoms with E-state index >= 15 is 0 Å². The van der Waals surface area contributed by atoms with Crippen LogP contribution in [0.1, 0.15) is 32.0 Å². The molecule has 166 valence electrons. The van der Waals surface area contributed by atoms with Gasteiger partial charge in [0, 0.05) is 54.9 Å². The normalized spacial score (nSPS) is 15.5. The van der Waals surface area contributed by atoms with Crippen molar-refractivity contribution in [2.75, 3.05) is 30.9 Å². The van der Waals surface area contributed by atoms with Crippen LogP contribution in [0.4, 0.5) is 18.9 Å². The molecule has 8 nitrogen and oxygen atoms in total. The van der Waals surface area contributed by atoms with Crippen LogP contribution in [0.15, 0.2) is 36.5 Å². The molecule has 2 amide bonds. The molecule has 1 atom stereocenters. The van der Waals surface area contributed by atoms with Gasteiger partial charge < -0.3 is 19.1 Å². The van der Waals surface area contributed by atoms with Crippen LogP contribution >= 0.6 is 0 Å². The number of pyridine rings is 1. The lowest BCUT2D eigenvalue weighted by Crippen LogP contribution is -2.50. The molecule has 1 aliphatic heterocycles. The maximum Gasteiger partial charge on any atom is 0.434 e. The minimum absolute atomic E-state index is 0.0740. The Morgan fingerprint density at radius 3 is 2.26 bits per heavy atom. The third-order valence-corrected chi connectivity index (χ3v) is 5.21. The number of alkyl halides is 3. The second-order valence-electron chi connectivity index (χ2n) is 6.85. The van der Waals surface area contributed by atoms with Crippen LogP contribution in [0.5, 0.6) is 0 Å². The fourth-order valence-corrected chi connectivity index (χ4v) is 3.68. The van der Waals surface area contributed by atoms with E-state index in [1.54, 1.807) is 13.0 Å². The summed E-state index contributed by atoms with van der Waals surface area (Å²) in [6, 6.07) is 6.85. The molecule has 1 unspecified atom stereocenters. The second-order valence-corrected chi connectivity index (χ2v) is 7.52. The molecule has 2 heterocycles. The van der Waals surface area contributed by atoms with Crippen molar-refractivity contribution < 1.29 is 31.5 Å². The number of benzene rings is 1. The number of aryl methyl sites for hydroxylation is 1. The van der Waals surface area contributed by atoms with Crippen molar-refractivity contribution in [2.24, 2.45) is 0 Å². The molecule has 1 aromatic heterocycles. The zero-order valence-electron chi connectivity index (χ0n) is 16.3. The fraction of sp³-hybridized carbons (Fsp3) is 0.316. The van der Waals surface area contributed by atoms with Gasteiger partial charge in [-0.1, -0.05) is 0 Å². The summed E-state index contributed by atoms with van der Waals surface area (Å²) in [6.07, 6.45) is -3.77. The minimum atomic E-state index is -4.75. The van der Waals surface area contributed by atoms with Gasteiger partial charge >= 0.3 is 6.18 Å². The van der Waals surface area contributed by atoms with Gasteiger partial charge in [0.1, 0.15) is 0 Å². The van der Waals surface area contributed by atoms with E-state index in [4.69, 9.17) is 0 Å². The number of amides is 2. The molecule has 12 heteroatoms. The molecule has 1 aliphatic rings. The highest BCUT2D eigenvalue weighted by Gasteiger charge is 2.38. The first-order valence-corrected chi connectivity index (χ1v) is 10.2. The molecular formula is C19H18F3N4O4S-. The summed E-state index contributed by atoms with van der Waals surface area (Å²) in [5.74, 6) is -1.10. The van der Waals surface area contributed by atoms with E-state index in [9.17, 15) is 31.5 Å². The lowest BCUT2D eigenvalue weighted by molar-refractivity contribution is -0.141. The zero-order valence-corrected chi connectivity index (χ0v) is 17.1.